The average molecular weight is 391 g/mol. The maximum Gasteiger partial charge on any atom is 0.319 e. The minimum absolute atomic E-state index is 0.244. The van der Waals surface area contributed by atoms with Crippen LogP contribution >= 0.6 is 0 Å². The molecule has 1 heterocycles. The van der Waals surface area contributed by atoms with Crippen molar-refractivity contribution in [1.82, 2.24) is 10.3 Å². The van der Waals surface area contributed by atoms with Gasteiger partial charge in [-0.25, -0.2) is 4.79 Å². The third-order valence-electron chi connectivity index (χ3n) is 4.13. The highest BCUT2D eigenvalue weighted by Crippen LogP contribution is 2.17. The third kappa shape index (κ3) is 7.18. The number of amides is 2. The summed E-state index contributed by atoms with van der Waals surface area (Å²) in [5, 5.41) is 5.63. The summed E-state index contributed by atoms with van der Waals surface area (Å²) < 4.78 is 11.4. The molecular weight excluding hydrogens is 366 g/mol. The summed E-state index contributed by atoms with van der Waals surface area (Å²) in [6.07, 6.45) is 4.20. The van der Waals surface area contributed by atoms with Gasteiger partial charge >= 0.3 is 6.03 Å². The molecule has 0 aliphatic heterocycles. The Morgan fingerprint density at radius 2 is 1.76 bits per heavy atom. The number of pyridine rings is 1. The van der Waals surface area contributed by atoms with Crippen LogP contribution in [-0.2, 0) is 6.61 Å². The summed E-state index contributed by atoms with van der Waals surface area (Å²) in [5.41, 5.74) is 2.91. The van der Waals surface area contributed by atoms with E-state index >= 15 is 0 Å². The van der Waals surface area contributed by atoms with Gasteiger partial charge in [0.15, 0.2) is 0 Å². The standard InChI is InChI=1S/C23H25N3O3/c1-18-4-2-5-22(16-18)28-15-3-12-25-23(27)26-20-6-8-21(9-7-20)29-17-19-10-13-24-14-11-19/h2,4-11,13-14,16H,3,12,15,17H2,1H3,(H2,25,26,27). The summed E-state index contributed by atoms with van der Waals surface area (Å²) in [7, 11) is 0. The SMILES string of the molecule is Cc1cccc(OCCCNC(=O)Nc2ccc(OCc3ccncc3)cc2)c1. The van der Waals surface area contributed by atoms with Gasteiger partial charge in [-0.05, 0) is 73.0 Å². The van der Waals surface area contributed by atoms with Gasteiger partial charge in [-0.15, -0.1) is 0 Å². The van der Waals surface area contributed by atoms with Crippen LogP contribution in [0.3, 0.4) is 0 Å². The van der Waals surface area contributed by atoms with Crippen molar-refractivity contribution >= 4 is 11.7 Å². The minimum Gasteiger partial charge on any atom is -0.494 e. The van der Waals surface area contributed by atoms with E-state index in [9.17, 15) is 4.79 Å². The lowest BCUT2D eigenvalue weighted by molar-refractivity contribution is 0.250. The molecule has 6 heteroatoms. The normalized spacial score (nSPS) is 10.2. The highest BCUT2D eigenvalue weighted by molar-refractivity contribution is 5.89. The van der Waals surface area contributed by atoms with Crippen LogP contribution in [0.1, 0.15) is 17.5 Å². The molecule has 6 nitrogen and oxygen atoms in total. The zero-order valence-corrected chi connectivity index (χ0v) is 16.4. The largest absolute Gasteiger partial charge is 0.494 e. The first-order valence-corrected chi connectivity index (χ1v) is 9.55. The number of ether oxygens (including phenoxy) is 2. The average Bonchev–Trinajstić information content (AvgIpc) is 2.74. The van der Waals surface area contributed by atoms with Crippen molar-refractivity contribution in [2.24, 2.45) is 0 Å². The molecule has 0 aliphatic carbocycles. The number of carbonyl (C=O) groups is 1. The predicted molar refractivity (Wildman–Crippen MR) is 113 cm³/mol. The van der Waals surface area contributed by atoms with Crippen LogP contribution in [0.4, 0.5) is 10.5 Å². The zero-order chi connectivity index (χ0) is 20.3. The quantitative estimate of drug-likeness (QED) is 0.525. The second kappa shape index (κ2) is 10.7. The van der Waals surface area contributed by atoms with Crippen molar-refractivity contribution in [2.45, 2.75) is 20.0 Å². The molecule has 0 spiro atoms. The van der Waals surface area contributed by atoms with Gasteiger partial charge in [0.05, 0.1) is 6.61 Å². The lowest BCUT2D eigenvalue weighted by Gasteiger charge is -2.10. The topological polar surface area (TPSA) is 72.5 Å². The van der Waals surface area contributed by atoms with Crippen LogP contribution in [0.5, 0.6) is 11.5 Å². The number of benzene rings is 2. The molecule has 0 radical (unpaired) electrons. The Kier molecular flexibility index (Phi) is 7.46. The summed E-state index contributed by atoms with van der Waals surface area (Å²) >= 11 is 0. The van der Waals surface area contributed by atoms with E-state index in [2.05, 4.69) is 15.6 Å². The van der Waals surface area contributed by atoms with E-state index in [4.69, 9.17) is 9.47 Å². The molecule has 0 saturated heterocycles. The molecule has 29 heavy (non-hydrogen) atoms. The molecule has 0 unspecified atom stereocenters. The molecule has 1 aromatic heterocycles. The lowest BCUT2D eigenvalue weighted by Crippen LogP contribution is -2.30. The second-order valence-electron chi connectivity index (χ2n) is 6.57. The van der Waals surface area contributed by atoms with Crippen LogP contribution < -0.4 is 20.1 Å². The zero-order valence-electron chi connectivity index (χ0n) is 16.4. The number of hydrogen-bond acceptors (Lipinski definition) is 4. The summed E-state index contributed by atoms with van der Waals surface area (Å²) in [6, 6.07) is 18.7. The Hall–Kier alpha value is -3.54. The number of anilines is 1. The van der Waals surface area contributed by atoms with Crippen molar-refractivity contribution in [1.29, 1.82) is 0 Å². The minimum atomic E-state index is -0.244. The van der Waals surface area contributed by atoms with Crippen LogP contribution in [-0.4, -0.2) is 24.2 Å². The van der Waals surface area contributed by atoms with E-state index in [1.165, 1.54) is 0 Å². The van der Waals surface area contributed by atoms with Crippen molar-refractivity contribution < 1.29 is 14.3 Å². The molecule has 3 rings (SSSR count). The highest BCUT2D eigenvalue weighted by Gasteiger charge is 2.02. The molecule has 0 atom stereocenters. The Bertz CT molecular complexity index is 899. The predicted octanol–water partition coefficient (Wildman–Crippen LogP) is 4.56. The third-order valence-corrected chi connectivity index (χ3v) is 4.13. The Labute approximate surface area is 170 Å². The first-order valence-electron chi connectivity index (χ1n) is 9.55. The van der Waals surface area contributed by atoms with Crippen LogP contribution in [0.25, 0.3) is 0 Å². The van der Waals surface area contributed by atoms with Gasteiger partial charge in [-0.3, -0.25) is 4.98 Å². The number of rotatable bonds is 9. The highest BCUT2D eigenvalue weighted by atomic mass is 16.5. The van der Waals surface area contributed by atoms with Gasteiger partial charge in [-0.2, -0.15) is 0 Å². The fourth-order valence-corrected chi connectivity index (χ4v) is 2.62. The fourth-order valence-electron chi connectivity index (χ4n) is 2.62. The van der Waals surface area contributed by atoms with E-state index < -0.39 is 0 Å². The van der Waals surface area contributed by atoms with E-state index in [-0.39, 0.29) is 6.03 Å². The van der Waals surface area contributed by atoms with E-state index in [1.54, 1.807) is 12.4 Å². The van der Waals surface area contributed by atoms with Gasteiger partial charge in [0.25, 0.3) is 0 Å². The first kappa shape index (κ1) is 20.2. The number of urea groups is 1. The van der Waals surface area contributed by atoms with Crippen molar-refractivity contribution in [2.75, 3.05) is 18.5 Å². The molecule has 3 aromatic rings. The molecule has 0 saturated carbocycles. The van der Waals surface area contributed by atoms with Gasteiger partial charge in [0.1, 0.15) is 18.1 Å². The molecular formula is C23H25N3O3. The summed E-state index contributed by atoms with van der Waals surface area (Å²) in [5.74, 6) is 1.58. The lowest BCUT2D eigenvalue weighted by atomic mass is 10.2. The Morgan fingerprint density at radius 1 is 0.966 bits per heavy atom. The fraction of sp³-hybridized carbons (Fsp3) is 0.217. The molecule has 0 fully saturated rings. The van der Waals surface area contributed by atoms with Crippen LogP contribution in [0.2, 0.25) is 0 Å². The number of hydrogen-bond donors (Lipinski definition) is 2. The van der Waals surface area contributed by atoms with Gasteiger partial charge in [0, 0.05) is 24.6 Å². The molecule has 2 N–H and O–H groups in total. The van der Waals surface area contributed by atoms with Gasteiger partial charge < -0.3 is 20.1 Å². The number of aryl methyl sites for hydroxylation is 1. The molecule has 0 bridgehead atoms. The van der Waals surface area contributed by atoms with Crippen molar-refractivity contribution in [3.05, 3.63) is 84.2 Å². The smallest absolute Gasteiger partial charge is 0.319 e. The first-order chi connectivity index (χ1) is 14.2. The number of aromatic nitrogens is 1. The van der Waals surface area contributed by atoms with Crippen LogP contribution in [0.15, 0.2) is 73.1 Å². The van der Waals surface area contributed by atoms with E-state index in [0.717, 1.165) is 29.0 Å². The Balaban J connectivity index is 1.32. The number of nitrogens with one attached hydrogen (secondary N) is 2. The van der Waals surface area contributed by atoms with E-state index in [1.807, 2.05) is 67.6 Å². The molecule has 2 aromatic carbocycles. The maximum absolute atomic E-state index is 12.0. The summed E-state index contributed by atoms with van der Waals surface area (Å²) in [6.45, 7) is 3.58. The van der Waals surface area contributed by atoms with Crippen LogP contribution in [0, 0.1) is 6.92 Å². The van der Waals surface area contributed by atoms with Gasteiger partial charge in [0.2, 0.25) is 0 Å². The maximum atomic E-state index is 12.0. The molecule has 2 amide bonds. The van der Waals surface area contributed by atoms with Gasteiger partial charge in [-0.1, -0.05) is 12.1 Å². The van der Waals surface area contributed by atoms with Crippen molar-refractivity contribution in [3.63, 3.8) is 0 Å². The number of carbonyl (C=O) groups excluding carboxylic acids is 1. The van der Waals surface area contributed by atoms with Crippen molar-refractivity contribution in [3.8, 4) is 11.5 Å². The monoisotopic (exact) mass is 391 g/mol. The molecule has 150 valence electrons. The Morgan fingerprint density at radius 3 is 2.52 bits per heavy atom. The summed E-state index contributed by atoms with van der Waals surface area (Å²) in [4.78, 5) is 16.0. The second-order valence-corrected chi connectivity index (χ2v) is 6.57. The van der Waals surface area contributed by atoms with E-state index in [0.29, 0.717) is 25.4 Å². The molecule has 0 aliphatic rings. The number of nitrogens with zero attached hydrogens (tertiary/aromatic N) is 1.